The Morgan fingerprint density at radius 1 is 0.600 bits per heavy atom. The standard InChI is InChI=1S/C14H26.CH4/c1-9-5-11(3)13(7-9)14-8-10(2)6-12(14)4;/h9-14H,5-8H2,1-4H3;1H4. The predicted octanol–water partition coefficient (Wildman–Crippen LogP) is 4.99. The van der Waals surface area contributed by atoms with Crippen molar-refractivity contribution in [1.82, 2.24) is 0 Å². The summed E-state index contributed by atoms with van der Waals surface area (Å²) in [5.74, 6) is 6.12. The molecule has 0 aliphatic heterocycles. The molecule has 15 heavy (non-hydrogen) atoms. The summed E-state index contributed by atoms with van der Waals surface area (Å²) in [4.78, 5) is 0. The van der Waals surface area contributed by atoms with E-state index in [0.717, 1.165) is 35.5 Å². The smallest absolute Gasteiger partial charge is 0.0355 e. The van der Waals surface area contributed by atoms with Crippen LogP contribution in [0.1, 0.15) is 60.8 Å². The van der Waals surface area contributed by atoms with Crippen LogP contribution in [-0.2, 0) is 0 Å². The molecule has 6 atom stereocenters. The molecule has 0 heteroatoms. The second-order valence-electron chi connectivity index (χ2n) is 6.44. The van der Waals surface area contributed by atoms with E-state index in [4.69, 9.17) is 0 Å². The first-order chi connectivity index (χ1) is 6.58. The Morgan fingerprint density at radius 2 is 0.933 bits per heavy atom. The minimum absolute atomic E-state index is 0. The lowest BCUT2D eigenvalue weighted by atomic mass is 9.79. The van der Waals surface area contributed by atoms with Crippen molar-refractivity contribution in [3.8, 4) is 0 Å². The Bertz CT molecular complexity index is 174. The van der Waals surface area contributed by atoms with Crippen LogP contribution in [0.25, 0.3) is 0 Å². The highest BCUT2D eigenvalue weighted by molar-refractivity contribution is 4.90. The minimum Gasteiger partial charge on any atom is -0.0776 e. The van der Waals surface area contributed by atoms with Crippen molar-refractivity contribution in [1.29, 1.82) is 0 Å². The van der Waals surface area contributed by atoms with Gasteiger partial charge < -0.3 is 0 Å². The van der Waals surface area contributed by atoms with Crippen molar-refractivity contribution in [2.45, 2.75) is 60.8 Å². The van der Waals surface area contributed by atoms with Gasteiger partial charge in [-0.25, -0.2) is 0 Å². The Labute approximate surface area is 96.8 Å². The quantitative estimate of drug-likeness (QED) is 0.572. The molecule has 2 saturated carbocycles. The largest absolute Gasteiger partial charge is 0.0776 e. The van der Waals surface area contributed by atoms with Gasteiger partial charge in [-0.05, 0) is 61.2 Å². The van der Waals surface area contributed by atoms with Crippen molar-refractivity contribution in [2.24, 2.45) is 35.5 Å². The zero-order valence-corrected chi connectivity index (χ0v) is 10.3. The summed E-state index contributed by atoms with van der Waals surface area (Å²) in [5.41, 5.74) is 0. The van der Waals surface area contributed by atoms with Crippen molar-refractivity contribution in [3.63, 3.8) is 0 Å². The normalized spacial score (nSPS) is 50.4. The van der Waals surface area contributed by atoms with Crippen molar-refractivity contribution >= 4 is 0 Å². The van der Waals surface area contributed by atoms with Gasteiger partial charge in [0.05, 0.1) is 0 Å². The van der Waals surface area contributed by atoms with E-state index in [1.54, 1.807) is 0 Å². The molecule has 2 fully saturated rings. The van der Waals surface area contributed by atoms with Crippen molar-refractivity contribution < 1.29 is 0 Å². The Balaban J connectivity index is 0.00000112. The van der Waals surface area contributed by atoms with Gasteiger partial charge in [0.25, 0.3) is 0 Å². The van der Waals surface area contributed by atoms with E-state index in [0.29, 0.717) is 0 Å². The summed E-state index contributed by atoms with van der Waals surface area (Å²) in [7, 11) is 0. The maximum Gasteiger partial charge on any atom is -0.0355 e. The Morgan fingerprint density at radius 3 is 1.13 bits per heavy atom. The number of hydrogen-bond donors (Lipinski definition) is 0. The van der Waals surface area contributed by atoms with E-state index in [9.17, 15) is 0 Å². The van der Waals surface area contributed by atoms with Crippen LogP contribution in [0.4, 0.5) is 0 Å². The van der Waals surface area contributed by atoms with Crippen LogP contribution in [0.2, 0.25) is 0 Å². The number of hydrogen-bond acceptors (Lipinski definition) is 0. The van der Waals surface area contributed by atoms with Crippen molar-refractivity contribution in [2.75, 3.05) is 0 Å². The average molecular weight is 210 g/mol. The molecule has 0 N–H and O–H groups in total. The van der Waals surface area contributed by atoms with Crippen LogP contribution in [-0.4, -0.2) is 0 Å². The van der Waals surface area contributed by atoms with E-state index in [1.165, 1.54) is 25.7 Å². The highest BCUT2D eigenvalue weighted by atomic mass is 14.5. The molecular formula is C15H30. The summed E-state index contributed by atoms with van der Waals surface area (Å²) >= 11 is 0. The third kappa shape index (κ3) is 2.57. The highest BCUT2D eigenvalue weighted by Gasteiger charge is 2.40. The predicted molar refractivity (Wildman–Crippen MR) is 68.8 cm³/mol. The van der Waals surface area contributed by atoms with Crippen LogP contribution >= 0.6 is 0 Å². The van der Waals surface area contributed by atoms with Gasteiger partial charge in [0.15, 0.2) is 0 Å². The fourth-order valence-corrected chi connectivity index (χ4v) is 4.40. The Hall–Kier alpha value is 0. The summed E-state index contributed by atoms with van der Waals surface area (Å²) in [6.07, 6.45) is 6.01. The molecule has 2 rings (SSSR count). The lowest BCUT2D eigenvalue weighted by Gasteiger charge is -2.26. The SMILES string of the molecule is C.CC1CC(C)C(C2CC(C)CC2C)C1. The van der Waals surface area contributed by atoms with Gasteiger partial charge in [-0.2, -0.15) is 0 Å². The minimum atomic E-state index is 0. The lowest BCUT2D eigenvalue weighted by molar-refractivity contribution is 0.227. The zero-order valence-electron chi connectivity index (χ0n) is 10.3. The molecule has 0 bridgehead atoms. The maximum absolute atomic E-state index is 2.49. The molecular weight excluding hydrogens is 180 g/mol. The van der Waals surface area contributed by atoms with Gasteiger partial charge in [-0.15, -0.1) is 0 Å². The molecule has 6 unspecified atom stereocenters. The van der Waals surface area contributed by atoms with E-state index in [2.05, 4.69) is 27.7 Å². The van der Waals surface area contributed by atoms with Crippen LogP contribution in [0.15, 0.2) is 0 Å². The fourth-order valence-electron chi connectivity index (χ4n) is 4.40. The third-order valence-corrected chi connectivity index (χ3v) is 4.91. The molecule has 2 aliphatic carbocycles. The summed E-state index contributed by atoms with van der Waals surface area (Å²) in [6.45, 7) is 9.87. The van der Waals surface area contributed by atoms with Gasteiger partial charge in [-0.3, -0.25) is 0 Å². The second-order valence-corrected chi connectivity index (χ2v) is 6.44. The van der Waals surface area contributed by atoms with Gasteiger partial charge in [0, 0.05) is 0 Å². The van der Waals surface area contributed by atoms with E-state index < -0.39 is 0 Å². The third-order valence-electron chi connectivity index (χ3n) is 4.91. The van der Waals surface area contributed by atoms with Crippen molar-refractivity contribution in [3.05, 3.63) is 0 Å². The molecule has 0 radical (unpaired) electrons. The fraction of sp³-hybridized carbons (Fsp3) is 1.00. The first-order valence-electron chi connectivity index (χ1n) is 6.58. The molecule has 0 aromatic heterocycles. The van der Waals surface area contributed by atoms with Gasteiger partial charge >= 0.3 is 0 Å². The molecule has 0 spiro atoms. The van der Waals surface area contributed by atoms with Gasteiger partial charge in [0.2, 0.25) is 0 Å². The molecule has 0 heterocycles. The molecule has 2 aliphatic rings. The van der Waals surface area contributed by atoms with Crippen LogP contribution in [0.5, 0.6) is 0 Å². The second kappa shape index (κ2) is 4.89. The van der Waals surface area contributed by atoms with Crippen LogP contribution < -0.4 is 0 Å². The van der Waals surface area contributed by atoms with Gasteiger partial charge in [-0.1, -0.05) is 35.1 Å². The lowest BCUT2D eigenvalue weighted by Crippen LogP contribution is -2.19. The topological polar surface area (TPSA) is 0 Å². The average Bonchev–Trinajstić information content (AvgIpc) is 2.55. The van der Waals surface area contributed by atoms with E-state index in [-0.39, 0.29) is 7.43 Å². The summed E-state index contributed by atoms with van der Waals surface area (Å²) < 4.78 is 0. The summed E-state index contributed by atoms with van der Waals surface area (Å²) in [6, 6.07) is 0. The van der Waals surface area contributed by atoms with E-state index >= 15 is 0 Å². The van der Waals surface area contributed by atoms with E-state index in [1.807, 2.05) is 0 Å². The molecule has 0 aromatic carbocycles. The first-order valence-corrected chi connectivity index (χ1v) is 6.58. The first kappa shape index (κ1) is 13.1. The Kier molecular flexibility index (Phi) is 4.26. The molecule has 90 valence electrons. The molecule has 0 amide bonds. The maximum atomic E-state index is 2.49. The molecule has 0 aromatic rings. The van der Waals surface area contributed by atoms with Crippen LogP contribution in [0.3, 0.4) is 0 Å². The van der Waals surface area contributed by atoms with Gasteiger partial charge in [0.1, 0.15) is 0 Å². The monoisotopic (exact) mass is 210 g/mol. The summed E-state index contributed by atoms with van der Waals surface area (Å²) in [5, 5.41) is 0. The molecule has 0 saturated heterocycles. The number of rotatable bonds is 1. The zero-order chi connectivity index (χ0) is 10.3. The molecule has 0 nitrogen and oxygen atoms in total. The highest BCUT2D eigenvalue weighted by Crippen LogP contribution is 2.49. The van der Waals surface area contributed by atoms with Crippen LogP contribution in [0, 0.1) is 35.5 Å².